The molecule has 188 valence electrons. The zero-order chi connectivity index (χ0) is 25.0. The Labute approximate surface area is 213 Å². The van der Waals surface area contributed by atoms with E-state index in [0.717, 1.165) is 53.7 Å². The van der Waals surface area contributed by atoms with E-state index in [4.69, 9.17) is 14.2 Å². The maximum Gasteiger partial charge on any atom is 0.166 e. The Bertz CT molecular complexity index is 1110. The second-order valence-electron chi connectivity index (χ2n) is 8.61. The summed E-state index contributed by atoms with van der Waals surface area (Å²) in [5.41, 5.74) is 3.15. The lowest BCUT2D eigenvalue weighted by Crippen LogP contribution is -2.31. The zero-order valence-corrected chi connectivity index (χ0v) is 20.9. The number of hydrogen-bond acceptors (Lipinski definition) is 6. The molecule has 7 nitrogen and oxygen atoms in total. The van der Waals surface area contributed by atoms with Gasteiger partial charge in [0.1, 0.15) is 30.5 Å². The number of H-pyrrole nitrogens is 1. The third-order valence-electron chi connectivity index (χ3n) is 5.69. The van der Waals surface area contributed by atoms with Crippen LogP contribution in [0.1, 0.15) is 5.56 Å². The van der Waals surface area contributed by atoms with Crippen LogP contribution < -0.4 is 19.5 Å². The number of nitrogens with one attached hydrogen (secondary N) is 2. The first-order valence-electron chi connectivity index (χ1n) is 12.2. The Morgan fingerprint density at radius 2 is 1.44 bits per heavy atom. The van der Waals surface area contributed by atoms with Gasteiger partial charge in [-0.25, -0.2) is 0 Å². The van der Waals surface area contributed by atoms with Gasteiger partial charge in [0.25, 0.3) is 0 Å². The highest BCUT2D eigenvalue weighted by atomic mass is 16.6. The van der Waals surface area contributed by atoms with E-state index in [1.807, 2.05) is 98.2 Å². The number of likely N-dealkylation sites (N-methyl/N-ethyl adjacent to an activating group) is 2. The van der Waals surface area contributed by atoms with E-state index in [0.29, 0.717) is 13.2 Å². The van der Waals surface area contributed by atoms with Gasteiger partial charge in [-0.15, -0.1) is 0 Å². The van der Waals surface area contributed by atoms with Crippen LogP contribution in [0.3, 0.4) is 0 Å². The largest absolute Gasteiger partial charge is 0.490 e. The van der Waals surface area contributed by atoms with E-state index < -0.39 is 0 Å². The Morgan fingerprint density at radius 3 is 2.03 bits per heavy atom. The molecule has 0 atom stereocenters. The summed E-state index contributed by atoms with van der Waals surface area (Å²) in [6.45, 7) is 3.45. The number of benzene rings is 3. The zero-order valence-electron chi connectivity index (χ0n) is 20.9. The highest BCUT2D eigenvalue weighted by Crippen LogP contribution is 2.25. The topological polar surface area (TPSA) is 71.6 Å². The summed E-state index contributed by atoms with van der Waals surface area (Å²) in [4.78, 5) is 2.27. The van der Waals surface area contributed by atoms with Crippen LogP contribution in [-0.2, 0) is 6.54 Å². The molecule has 0 saturated heterocycles. The summed E-state index contributed by atoms with van der Waals surface area (Å²) in [7, 11) is 4.08. The summed E-state index contributed by atoms with van der Waals surface area (Å²) in [6, 6.07) is 27.5. The van der Waals surface area contributed by atoms with Gasteiger partial charge >= 0.3 is 0 Å². The van der Waals surface area contributed by atoms with E-state index >= 15 is 0 Å². The molecular formula is C29H34N4O3. The molecule has 4 aromatic rings. The summed E-state index contributed by atoms with van der Waals surface area (Å²) in [5, 5.41) is 10.7. The van der Waals surface area contributed by atoms with Crippen molar-refractivity contribution in [3.05, 3.63) is 96.7 Å². The van der Waals surface area contributed by atoms with Crippen LogP contribution in [0.25, 0.3) is 11.3 Å². The van der Waals surface area contributed by atoms with Crippen LogP contribution in [0.2, 0.25) is 0 Å². The van der Waals surface area contributed by atoms with Gasteiger partial charge in [-0.1, -0.05) is 36.4 Å². The predicted octanol–water partition coefficient (Wildman–Crippen LogP) is 4.63. The molecule has 2 N–H and O–H groups in total. The van der Waals surface area contributed by atoms with Crippen LogP contribution in [0.5, 0.6) is 17.2 Å². The van der Waals surface area contributed by atoms with E-state index in [2.05, 4.69) is 27.5 Å². The third-order valence-corrected chi connectivity index (χ3v) is 5.69. The molecular weight excluding hydrogens is 452 g/mol. The Kier molecular flexibility index (Phi) is 9.36. The molecule has 0 aliphatic heterocycles. The minimum atomic E-state index is -0.293. The lowest BCUT2D eigenvalue weighted by Gasteiger charge is -2.20. The van der Waals surface area contributed by atoms with Gasteiger partial charge in [0.05, 0.1) is 5.69 Å². The number of nitrogens with zero attached hydrogens (tertiary/aromatic N) is 2. The maximum atomic E-state index is 6.28. The highest BCUT2D eigenvalue weighted by Gasteiger charge is 2.15. The number of aromatic nitrogens is 2. The molecule has 0 amide bonds. The van der Waals surface area contributed by atoms with Crippen LogP contribution in [0, 0.1) is 0 Å². The molecule has 0 aliphatic rings. The first kappa shape index (κ1) is 25.3. The Balaban J connectivity index is 1.41. The number of ether oxygens (including phenoxy) is 3. The standard InChI is InChI=1S/C29H34N4O3/c1-30-17-18-33(2)20-24-19-31-32-29(24)23-13-15-27(16-14-23)36-28(21-34-25-9-5-3-6-10-25)22-35-26-11-7-4-8-12-26/h3-16,19,28,30H,17-18,20-22H2,1-2H3,(H,31,32). The fraction of sp³-hybridized carbons (Fsp3) is 0.276. The lowest BCUT2D eigenvalue weighted by molar-refractivity contribution is 0.0812. The molecule has 1 aromatic heterocycles. The summed E-state index contributed by atoms with van der Waals surface area (Å²) >= 11 is 0. The molecule has 1 heterocycles. The first-order valence-corrected chi connectivity index (χ1v) is 12.2. The fourth-order valence-electron chi connectivity index (χ4n) is 3.77. The third kappa shape index (κ3) is 7.60. The molecule has 7 heteroatoms. The molecule has 4 rings (SSSR count). The lowest BCUT2D eigenvalue weighted by atomic mass is 10.1. The van der Waals surface area contributed by atoms with Crippen LogP contribution in [-0.4, -0.2) is 61.6 Å². The van der Waals surface area contributed by atoms with Crippen LogP contribution >= 0.6 is 0 Å². The summed E-state index contributed by atoms with van der Waals surface area (Å²) in [6.07, 6.45) is 1.67. The molecule has 0 spiro atoms. The van der Waals surface area contributed by atoms with Crippen molar-refractivity contribution in [2.24, 2.45) is 0 Å². The van der Waals surface area contributed by atoms with Crippen LogP contribution in [0.15, 0.2) is 91.1 Å². The van der Waals surface area contributed by atoms with Crippen molar-refractivity contribution in [3.63, 3.8) is 0 Å². The van der Waals surface area contributed by atoms with E-state index in [-0.39, 0.29) is 6.10 Å². The minimum Gasteiger partial charge on any atom is -0.490 e. The summed E-state index contributed by atoms with van der Waals surface area (Å²) < 4.78 is 18.2. The first-order chi connectivity index (χ1) is 17.7. The highest BCUT2D eigenvalue weighted by molar-refractivity contribution is 5.63. The second kappa shape index (κ2) is 13.3. The van der Waals surface area contributed by atoms with Crippen molar-refractivity contribution in [2.45, 2.75) is 12.6 Å². The monoisotopic (exact) mass is 486 g/mol. The van der Waals surface area contributed by atoms with Crippen molar-refractivity contribution in [2.75, 3.05) is 40.4 Å². The fourth-order valence-corrected chi connectivity index (χ4v) is 3.77. The Morgan fingerprint density at radius 1 is 0.833 bits per heavy atom. The smallest absolute Gasteiger partial charge is 0.166 e. The van der Waals surface area contributed by atoms with Crippen LogP contribution in [0.4, 0.5) is 0 Å². The van der Waals surface area contributed by atoms with E-state index in [1.54, 1.807) is 0 Å². The maximum absolute atomic E-state index is 6.28. The van der Waals surface area contributed by atoms with Gasteiger partial charge in [-0.05, 0) is 62.6 Å². The predicted molar refractivity (Wildman–Crippen MR) is 143 cm³/mol. The number of rotatable bonds is 14. The second-order valence-corrected chi connectivity index (χ2v) is 8.61. The average Bonchev–Trinajstić information content (AvgIpc) is 3.38. The number of hydrogen-bond donors (Lipinski definition) is 2. The van der Waals surface area contributed by atoms with Crippen molar-refractivity contribution < 1.29 is 14.2 Å². The van der Waals surface area contributed by atoms with Gasteiger partial charge in [-0.3, -0.25) is 5.10 Å². The summed E-state index contributed by atoms with van der Waals surface area (Å²) in [5.74, 6) is 2.35. The molecule has 0 aliphatic carbocycles. The molecule has 0 saturated carbocycles. The molecule has 0 bridgehead atoms. The van der Waals surface area contributed by atoms with Gasteiger partial charge in [0.15, 0.2) is 6.10 Å². The molecule has 0 unspecified atom stereocenters. The SMILES string of the molecule is CNCCN(C)Cc1c[nH]nc1-c1ccc(OC(COc2ccccc2)COc2ccccc2)cc1. The molecule has 3 aromatic carbocycles. The average molecular weight is 487 g/mol. The van der Waals surface area contributed by atoms with Crippen molar-refractivity contribution >= 4 is 0 Å². The van der Waals surface area contributed by atoms with E-state index in [9.17, 15) is 0 Å². The Hall–Kier alpha value is -3.81. The molecule has 36 heavy (non-hydrogen) atoms. The number of aromatic amines is 1. The van der Waals surface area contributed by atoms with Gasteiger partial charge in [0, 0.05) is 37.0 Å². The van der Waals surface area contributed by atoms with E-state index in [1.165, 1.54) is 0 Å². The minimum absolute atomic E-state index is 0.293. The van der Waals surface area contributed by atoms with Gasteiger partial charge in [-0.2, -0.15) is 5.10 Å². The van der Waals surface area contributed by atoms with Gasteiger partial charge < -0.3 is 24.4 Å². The van der Waals surface area contributed by atoms with Crippen molar-refractivity contribution in [1.82, 2.24) is 20.4 Å². The number of para-hydroxylation sites is 2. The van der Waals surface area contributed by atoms with Crippen molar-refractivity contribution in [1.29, 1.82) is 0 Å². The normalized spacial score (nSPS) is 11.1. The molecule has 0 fully saturated rings. The molecule has 0 radical (unpaired) electrons. The quantitative estimate of drug-likeness (QED) is 0.271. The van der Waals surface area contributed by atoms with Gasteiger partial charge in [0.2, 0.25) is 0 Å². The van der Waals surface area contributed by atoms with Crippen molar-refractivity contribution in [3.8, 4) is 28.5 Å².